The summed E-state index contributed by atoms with van der Waals surface area (Å²) in [7, 11) is 0. The molecule has 2 rings (SSSR count). The Kier molecular flexibility index (Phi) is 3.73. The van der Waals surface area contributed by atoms with Crippen molar-refractivity contribution in [3.05, 3.63) is 29.8 Å². The van der Waals surface area contributed by atoms with Crippen LogP contribution in [0.5, 0.6) is 0 Å². The number of hydrogen-bond donors (Lipinski definition) is 0. The van der Waals surface area contributed by atoms with Crippen LogP contribution in [0.1, 0.15) is 45.1 Å². The lowest BCUT2D eigenvalue weighted by atomic mass is 9.59. The van der Waals surface area contributed by atoms with Gasteiger partial charge in [0, 0.05) is 4.90 Å². The highest BCUT2D eigenvalue weighted by Gasteiger charge is 2.53. The molecule has 0 bridgehead atoms. The van der Waals surface area contributed by atoms with Crippen LogP contribution in [0.2, 0.25) is 0 Å². The molecule has 0 spiro atoms. The van der Waals surface area contributed by atoms with E-state index in [0.717, 1.165) is 12.8 Å². The second kappa shape index (κ2) is 4.97. The van der Waals surface area contributed by atoms with Crippen LogP contribution in [0.3, 0.4) is 0 Å². The molecule has 96 valence electrons. The second-order valence-electron chi connectivity index (χ2n) is 5.59. The van der Waals surface area contributed by atoms with E-state index in [1.54, 1.807) is 11.8 Å². The molecule has 0 N–H and O–H groups in total. The Morgan fingerprint density at radius 3 is 2.44 bits per heavy atom. The summed E-state index contributed by atoms with van der Waals surface area (Å²) in [5.74, 6) is 0. The predicted molar refractivity (Wildman–Crippen MR) is 77.6 cm³/mol. The van der Waals surface area contributed by atoms with Gasteiger partial charge >= 0.3 is 0 Å². The van der Waals surface area contributed by atoms with Gasteiger partial charge in [0.05, 0.1) is 6.07 Å². The zero-order valence-electron chi connectivity index (χ0n) is 11.5. The molecule has 2 heteroatoms. The van der Waals surface area contributed by atoms with E-state index in [-0.39, 0.29) is 4.75 Å². The summed E-state index contributed by atoms with van der Waals surface area (Å²) in [6, 6.07) is 11.1. The highest BCUT2D eigenvalue weighted by atomic mass is 32.2. The topological polar surface area (TPSA) is 23.8 Å². The van der Waals surface area contributed by atoms with Crippen LogP contribution in [0, 0.1) is 23.7 Å². The summed E-state index contributed by atoms with van der Waals surface area (Å²) >= 11 is 1.76. The highest BCUT2D eigenvalue weighted by Crippen LogP contribution is 2.60. The van der Waals surface area contributed by atoms with E-state index in [2.05, 4.69) is 51.1 Å². The van der Waals surface area contributed by atoms with Crippen LogP contribution in [0.25, 0.3) is 0 Å². The van der Waals surface area contributed by atoms with E-state index in [9.17, 15) is 5.26 Å². The van der Waals surface area contributed by atoms with Crippen molar-refractivity contribution in [1.82, 2.24) is 0 Å². The zero-order chi connectivity index (χ0) is 13.2. The maximum absolute atomic E-state index is 9.52. The van der Waals surface area contributed by atoms with E-state index in [1.807, 2.05) is 0 Å². The van der Waals surface area contributed by atoms with E-state index in [0.29, 0.717) is 5.41 Å². The van der Waals surface area contributed by atoms with Gasteiger partial charge in [-0.3, -0.25) is 0 Å². The summed E-state index contributed by atoms with van der Waals surface area (Å²) in [5.41, 5.74) is 1.69. The molecule has 1 aliphatic rings. The number of benzene rings is 1. The van der Waals surface area contributed by atoms with Crippen molar-refractivity contribution in [1.29, 1.82) is 5.26 Å². The van der Waals surface area contributed by atoms with Gasteiger partial charge in [-0.15, -0.1) is 11.8 Å². The van der Waals surface area contributed by atoms with Gasteiger partial charge in [-0.25, -0.2) is 0 Å². The van der Waals surface area contributed by atoms with Crippen molar-refractivity contribution in [2.75, 3.05) is 0 Å². The van der Waals surface area contributed by atoms with E-state index in [4.69, 9.17) is 0 Å². The smallest absolute Gasteiger partial charge is 0.108 e. The molecule has 1 aliphatic carbocycles. The Morgan fingerprint density at radius 2 is 1.94 bits per heavy atom. The molecule has 1 aromatic rings. The lowest BCUT2D eigenvalue weighted by Crippen LogP contribution is -2.48. The quantitative estimate of drug-likeness (QED) is 0.764. The van der Waals surface area contributed by atoms with Crippen molar-refractivity contribution < 1.29 is 0 Å². The molecule has 1 fully saturated rings. The number of thioether (sulfide) groups is 1. The van der Waals surface area contributed by atoms with Gasteiger partial charge in [0.2, 0.25) is 0 Å². The number of nitriles is 1. The first-order chi connectivity index (χ1) is 8.57. The largest absolute Gasteiger partial charge is 0.197 e. The second-order valence-corrected chi connectivity index (χ2v) is 7.04. The fourth-order valence-corrected chi connectivity index (χ4v) is 4.63. The normalized spacial score (nSPS) is 19.9. The zero-order valence-corrected chi connectivity index (χ0v) is 12.3. The minimum Gasteiger partial charge on any atom is -0.197 e. The molecule has 1 nitrogen and oxygen atoms in total. The number of rotatable bonds is 4. The lowest BCUT2D eigenvalue weighted by Gasteiger charge is -2.52. The first-order valence-corrected chi connectivity index (χ1v) is 7.56. The molecular formula is C16H21NS. The molecule has 0 atom stereocenters. The van der Waals surface area contributed by atoms with Crippen LogP contribution >= 0.6 is 11.8 Å². The number of hydrogen-bond acceptors (Lipinski definition) is 2. The van der Waals surface area contributed by atoms with Crippen LogP contribution in [0.4, 0.5) is 0 Å². The Bertz CT molecular complexity index is 460. The monoisotopic (exact) mass is 259 g/mol. The van der Waals surface area contributed by atoms with E-state index >= 15 is 0 Å². The first-order valence-electron chi connectivity index (χ1n) is 6.74. The molecule has 0 amide bonds. The molecular weight excluding hydrogens is 238 g/mol. The third-order valence-corrected chi connectivity index (χ3v) is 5.59. The predicted octanol–water partition coefficient (Wildman–Crippen LogP) is 4.95. The van der Waals surface area contributed by atoms with Crippen LogP contribution in [0.15, 0.2) is 29.2 Å². The summed E-state index contributed by atoms with van der Waals surface area (Å²) in [6.45, 7) is 6.61. The molecule has 18 heavy (non-hydrogen) atoms. The molecule has 0 radical (unpaired) electrons. The fraction of sp³-hybridized carbons (Fsp3) is 0.562. The molecule has 0 aliphatic heterocycles. The Hall–Kier alpha value is -0.940. The summed E-state index contributed by atoms with van der Waals surface area (Å²) in [4.78, 5) is 1.23. The highest BCUT2D eigenvalue weighted by molar-refractivity contribution is 8.01. The van der Waals surface area contributed by atoms with Crippen molar-refractivity contribution >= 4 is 11.8 Å². The summed E-state index contributed by atoms with van der Waals surface area (Å²) < 4.78 is -0.181. The lowest BCUT2D eigenvalue weighted by molar-refractivity contribution is 0.0984. The molecule has 0 saturated heterocycles. The van der Waals surface area contributed by atoms with Gasteiger partial charge in [0.25, 0.3) is 0 Å². The minimum absolute atomic E-state index is 0.181. The summed E-state index contributed by atoms with van der Waals surface area (Å²) in [5, 5.41) is 9.52. The number of nitrogens with zero attached hydrogens (tertiary/aromatic N) is 1. The molecule has 1 saturated carbocycles. The van der Waals surface area contributed by atoms with Gasteiger partial charge in [-0.1, -0.05) is 44.4 Å². The van der Waals surface area contributed by atoms with Crippen molar-refractivity contribution in [3.63, 3.8) is 0 Å². The molecule has 1 aromatic carbocycles. The standard InChI is InChI=1S/C16H21NS/c1-4-15(5-2)10-16(11-15,12-17)18-14-8-6-7-13(3)9-14/h6-9H,4-5,10-11H2,1-3H3. The first kappa shape index (κ1) is 13.5. The average Bonchev–Trinajstić information content (AvgIpc) is 2.33. The van der Waals surface area contributed by atoms with Gasteiger partial charge in [-0.05, 0) is 37.3 Å². The fourth-order valence-electron chi connectivity index (χ4n) is 2.99. The van der Waals surface area contributed by atoms with Crippen LogP contribution in [-0.4, -0.2) is 4.75 Å². The van der Waals surface area contributed by atoms with Gasteiger partial charge < -0.3 is 0 Å². The third-order valence-electron chi connectivity index (χ3n) is 4.33. The van der Waals surface area contributed by atoms with Crippen LogP contribution < -0.4 is 0 Å². The SMILES string of the molecule is CCC1(CC)CC(C#N)(Sc2cccc(C)c2)C1. The van der Waals surface area contributed by atoms with E-state index in [1.165, 1.54) is 23.3 Å². The summed E-state index contributed by atoms with van der Waals surface area (Å²) in [6.07, 6.45) is 4.48. The molecule has 0 heterocycles. The minimum atomic E-state index is -0.181. The average molecular weight is 259 g/mol. The molecule has 0 aromatic heterocycles. The van der Waals surface area contributed by atoms with Gasteiger partial charge in [0.15, 0.2) is 0 Å². The van der Waals surface area contributed by atoms with Crippen molar-refractivity contribution in [3.8, 4) is 6.07 Å². The van der Waals surface area contributed by atoms with Gasteiger partial charge in [0.1, 0.15) is 4.75 Å². The maximum atomic E-state index is 9.52. The van der Waals surface area contributed by atoms with Crippen molar-refractivity contribution in [2.45, 2.75) is 56.1 Å². The Balaban J connectivity index is 2.11. The Labute approximate surface area is 115 Å². The molecule has 0 unspecified atom stereocenters. The third kappa shape index (κ3) is 2.42. The van der Waals surface area contributed by atoms with Crippen LogP contribution in [-0.2, 0) is 0 Å². The van der Waals surface area contributed by atoms with E-state index < -0.39 is 0 Å². The van der Waals surface area contributed by atoms with Crippen molar-refractivity contribution in [2.24, 2.45) is 5.41 Å². The Morgan fingerprint density at radius 1 is 1.28 bits per heavy atom. The van der Waals surface area contributed by atoms with Gasteiger partial charge in [-0.2, -0.15) is 5.26 Å². The maximum Gasteiger partial charge on any atom is 0.108 e. The number of aryl methyl sites for hydroxylation is 1.